The number of hydrogen-bond donors (Lipinski definition) is 1. The summed E-state index contributed by atoms with van der Waals surface area (Å²) in [6, 6.07) is 8.85. The van der Waals surface area contributed by atoms with Crippen LogP contribution in [0.3, 0.4) is 0 Å². The number of fused-ring (bicyclic) bond motifs is 1. The Bertz CT molecular complexity index is 1190. The number of piperazine rings is 1. The Kier molecular flexibility index (Phi) is 5.81. The molecule has 2 aliphatic rings. The lowest BCUT2D eigenvalue weighted by Gasteiger charge is -2.34. The van der Waals surface area contributed by atoms with Crippen molar-refractivity contribution < 1.29 is 23.1 Å². The predicted octanol–water partition coefficient (Wildman–Crippen LogP) is 2.99. The van der Waals surface area contributed by atoms with Crippen molar-refractivity contribution in [2.75, 3.05) is 56.2 Å². The van der Waals surface area contributed by atoms with Crippen molar-refractivity contribution in [1.82, 2.24) is 9.88 Å². The van der Waals surface area contributed by atoms with Gasteiger partial charge in [-0.15, -0.1) is 0 Å². The molecule has 0 spiro atoms. The maximum atomic E-state index is 12.6. The number of rotatable bonds is 5. The molecule has 0 aliphatic carbocycles. The predicted molar refractivity (Wildman–Crippen MR) is 119 cm³/mol. The summed E-state index contributed by atoms with van der Waals surface area (Å²) >= 11 is 6.28. The fourth-order valence-corrected chi connectivity index (χ4v) is 3.97. The van der Waals surface area contributed by atoms with Crippen LogP contribution in [0.4, 0.5) is 11.6 Å². The number of hydrogen-bond acceptors (Lipinski definition) is 9. The Morgan fingerprint density at radius 3 is 2.64 bits per heavy atom. The van der Waals surface area contributed by atoms with E-state index in [4.69, 9.17) is 29.9 Å². The van der Waals surface area contributed by atoms with E-state index < -0.39 is 0 Å². The number of nitrogens with zero attached hydrogens (tertiary/aromatic N) is 4. The summed E-state index contributed by atoms with van der Waals surface area (Å²) in [5.41, 5.74) is 0.691. The highest BCUT2D eigenvalue weighted by molar-refractivity contribution is 6.34. The first-order valence-electron chi connectivity index (χ1n) is 10.4. The molecule has 4 heterocycles. The molecule has 3 aromatic rings. The molecular weight excluding hydrogens is 450 g/mol. The molecule has 0 bridgehead atoms. The minimum atomic E-state index is -0.181. The zero-order chi connectivity index (χ0) is 22.8. The lowest BCUT2D eigenvalue weighted by molar-refractivity contribution is -0.117. The van der Waals surface area contributed by atoms with E-state index in [9.17, 15) is 10.1 Å². The Balaban J connectivity index is 1.18. The van der Waals surface area contributed by atoms with Crippen molar-refractivity contribution in [3.63, 3.8) is 0 Å². The fourth-order valence-electron chi connectivity index (χ4n) is 3.77. The van der Waals surface area contributed by atoms with E-state index in [0.717, 1.165) is 0 Å². The third-order valence-electron chi connectivity index (χ3n) is 5.38. The number of aromatic nitrogens is 1. The molecule has 1 saturated heterocycles. The van der Waals surface area contributed by atoms with E-state index in [1.807, 2.05) is 9.80 Å². The SMILES string of the molecule is N#Cc1nc(-c2ccco2)oc1N1CCN(CC(=O)Nc2cc3c(cc2Cl)OCCO3)CC1. The molecule has 1 fully saturated rings. The zero-order valence-electron chi connectivity index (χ0n) is 17.5. The molecule has 5 rings (SSSR count). The van der Waals surface area contributed by atoms with E-state index in [1.165, 1.54) is 6.26 Å². The summed E-state index contributed by atoms with van der Waals surface area (Å²) in [6.07, 6.45) is 1.52. The first-order chi connectivity index (χ1) is 16.1. The van der Waals surface area contributed by atoms with Gasteiger partial charge in [0.1, 0.15) is 19.3 Å². The molecule has 0 radical (unpaired) electrons. The van der Waals surface area contributed by atoms with Crippen molar-refractivity contribution >= 4 is 29.1 Å². The van der Waals surface area contributed by atoms with Gasteiger partial charge in [-0.25, -0.2) is 0 Å². The molecule has 1 aromatic carbocycles. The maximum Gasteiger partial charge on any atom is 0.266 e. The number of benzene rings is 1. The van der Waals surface area contributed by atoms with Gasteiger partial charge in [-0.1, -0.05) is 11.6 Å². The third kappa shape index (κ3) is 4.46. The average Bonchev–Trinajstić information content (AvgIpc) is 3.50. The number of carbonyl (C=O) groups is 1. The van der Waals surface area contributed by atoms with Crippen LogP contribution in [0.5, 0.6) is 11.5 Å². The minimum absolute atomic E-state index is 0.181. The highest BCUT2D eigenvalue weighted by atomic mass is 35.5. The molecule has 0 atom stereocenters. The molecule has 2 aromatic heterocycles. The summed E-state index contributed by atoms with van der Waals surface area (Å²) in [5, 5.41) is 12.7. The van der Waals surface area contributed by atoms with Gasteiger partial charge >= 0.3 is 0 Å². The number of anilines is 2. The van der Waals surface area contributed by atoms with Crippen molar-refractivity contribution in [3.8, 4) is 29.2 Å². The summed E-state index contributed by atoms with van der Waals surface area (Å²) in [7, 11) is 0. The van der Waals surface area contributed by atoms with Crippen molar-refractivity contribution in [2.24, 2.45) is 0 Å². The first-order valence-corrected chi connectivity index (χ1v) is 10.8. The number of nitrogens with one attached hydrogen (secondary N) is 1. The van der Waals surface area contributed by atoms with Crippen LogP contribution in [0, 0.1) is 11.3 Å². The second-order valence-corrected chi connectivity index (χ2v) is 7.96. The van der Waals surface area contributed by atoms with Gasteiger partial charge in [0.05, 0.1) is 23.5 Å². The van der Waals surface area contributed by atoms with Crippen LogP contribution in [0.15, 0.2) is 39.4 Å². The van der Waals surface area contributed by atoms with Gasteiger partial charge in [0.25, 0.3) is 5.89 Å². The first kappa shape index (κ1) is 21.2. The smallest absolute Gasteiger partial charge is 0.266 e. The van der Waals surface area contributed by atoms with Crippen molar-refractivity contribution in [3.05, 3.63) is 41.2 Å². The molecule has 0 unspecified atom stereocenters. The van der Waals surface area contributed by atoms with Crippen LogP contribution in [-0.2, 0) is 4.79 Å². The number of ether oxygens (including phenoxy) is 2. The summed E-state index contributed by atoms with van der Waals surface area (Å²) in [5.74, 6) is 2.09. The van der Waals surface area contributed by atoms with Gasteiger partial charge in [0.2, 0.25) is 17.5 Å². The van der Waals surface area contributed by atoms with E-state index in [2.05, 4.69) is 16.4 Å². The average molecular weight is 470 g/mol. The maximum absolute atomic E-state index is 12.6. The fraction of sp³-hybridized carbons (Fsp3) is 0.318. The molecule has 1 N–H and O–H groups in total. The lowest BCUT2D eigenvalue weighted by Crippen LogP contribution is -2.48. The number of oxazole rings is 1. The number of nitriles is 1. The molecule has 0 saturated carbocycles. The van der Waals surface area contributed by atoms with Crippen LogP contribution < -0.4 is 19.7 Å². The summed E-state index contributed by atoms with van der Waals surface area (Å²) in [6.45, 7) is 3.52. The number of amides is 1. The number of halogens is 1. The normalized spacial score (nSPS) is 15.8. The van der Waals surface area contributed by atoms with E-state index in [0.29, 0.717) is 73.2 Å². The second kappa shape index (κ2) is 9.05. The van der Waals surface area contributed by atoms with Gasteiger partial charge in [0.15, 0.2) is 17.3 Å². The van der Waals surface area contributed by atoms with Crippen LogP contribution >= 0.6 is 11.6 Å². The largest absolute Gasteiger partial charge is 0.486 e. The zero-order valence-corrected chi connectivity index (χ0v) is 18.3. The van der Waals surface area contributed by atoms with Crippen LogP contribution in [-0.4, -0.2) is 61.7 Å². The highest BCUT2D eigenvalue weighted by Crippen LogP contribution is 2.38. The Hall–Kier alpha value is -3.68. The highest BCUT2D eigenvalue weighted by Gasteiger charge is 2.26. The minimum Gasteiger partial charge on any atom is -0.486 e. The second-order valence-electron chi connectivity index (χ2n) is 7.55. The summed E-state index contributed by atoms with van der Waals surface area (Å²) < 4.78 is 22.2. The molecule has 170 valence electrons. The van der Waals surface area contributed by atoms with Crippen LogP contribution in [0.2, 0.25) is 5.02 Å². The topological polar surface area (TPSA) is 117 Å². The van der Waals surface area contributed by atoms with Crippen molar-refractivity contribution in [1.29, 1.82) is 5.26 Å². The third-order valence-corrected chi connectivity index (χ3v) is 5.69. The van der Waals surface area contributed by atoms with E-state index in [1.54, 1.807) is 24.3 Å². The molecule has 2 aliphatic heterocycles. The number of furan rings is 1. The number of carbonyl (C=O) groups excluding carboxylic acids is 1. The molecule has 1 amide bonds. The molecular formula is C22H20ClN5O5. The van der Waals surface area contributed by atoms with Crippen LogP contribution in [0.25, 0.3) is 11.7 Å². The van der Waals surface area contributed by atoms with Gasteiger partial charge in [-0.3, -0.25) is 9.69 Å². The Labute approximate surface area is 194 Å². The lowest BCUT2D eigenvalue weighted by atomic mass is 10.2. The quantitative estimate of drug-likeness (QED) is 0.601. The molecule has 11 heteroatoms. The van der Waals surface area contributed by atoms with Gasteiger partial charge in [-0.05, 0) is 12.1 Å². The van der Waals surface area contributed by atoms with Crippen molar-refractivity contribution in [2.45, 2.75) is 0 Å². The Morgan fingerprint density at radius 2 is 1.94 bits per heavy atom. The van der Waals surface area contributed by atoms with E-state index >= 15 is 0 Å². The van der Waals surface area contributed by atoms with E-state index in [-0.39, 0.29) is 24.0 Å². The monoisotopic (exact) mass is 469 g/mol. The molecule has 10 nitrogen and oxygen atoms in total. The standard InChI is InChI=1S/C22H20ClN5O5/c23-14-10-18-19(32-9-8-31-18)11-15(14)25-20(29)13-27-3-5-28(6-4-27)22-16(12-24)26-21(33-22)17-2-1-7-30-17/h1-2,7,10-11H,3-6,8-9,13H2,(H,25,29). The van der Waals surface area contributed by atoms with Gasteiger partial charge < -0.3 is 28.5 Å². The van der Waals surface area contributed by atoms with Crippen LogP contribution in [0.1, 0.15) is 5.69 Å². The van der Waals surface area contributed by atoms with Gasteiger partial charge in [0, 0.05) is 38.3 Å². The summed E-state index contributed by atoms with van der Waals surface area (Å²) in [4.78, 5) is 20.8. The Morgan fingerprint density at radius 1 is 1.18 bits per heavy atom. The van der Waals surface area contributed by atoms with Gasteiger partial charge in [-0.2, -0.15) is 10.2 Å². The molecule has 33 heavy (non-hydrogen) atoms.